The SMILES string of the molecule is CCC(N)Cc1c(Cl)cccc1OCc1nnc(C)o1. The van der Waals surface area contributed by atoms with Gasteiger partial charge in [0, 0.05) is 23.6 Å². The molecule has 1 atom stereocenters. The van der Waals surface area contributed by atoms with E-state index in [1.54, 1.807) is 6.92 Å². The zero-order valence-electron chi connectivity index (χ0n) is 11.6. The van der Waals surface area contributed by atoms with E-state index in [-0.39, 0.29) is 12.6 Å². The fourth-order valence-corrected chi connectivity index (χ4v) is 2.06. The Morgan fingerprint density at radius 1 is 1.40 bits per heavy atom. The number of halogens is 1. The fourth-order valence-electron chi connectivity index (χ4n) is 1.81. The predicted octanol–water partition coefficient (Wildman–Crippen LogP) is 2.89. The van der Waals surface area contributed by atoms with Gasteiger partial charge in [-0.2, -0.15) is 0 Å². The Labute approximate surface area is 123 Å². The third-order valence-electron chi connectivity index (χ3n) is 2.99. The van der Waals surface area contributed by atoms with Gasteiger partial charge in [0.1, 0.15) is 5.75 Å². The van der Waals surface area contributed by atoms with Crippen LogP contribution in [0.1, 0.15) is 30.7 Å². The fraction of sp³-hybridized carbons (Fsp3) is 0.429. The van der Waals surface area contributed by atoms with E-state index in [1.165, 1.54) is 0 Å². The van der Waals surface area contributed by atoms with Crippen LogP contribution in [0.5, 0.6) is 5.75 Å². The molecule has 2 rings (SSSR count). The third-order valence-corrected chi connectivity index (χ3v) is 3.34. The topological polar surface area (TPSA) is 74.2 Å². The van der Waals surface area contributed by atoms with Crippen LogP contribution in [0.15, 0.2) is 22.6 Å². The van der Waals surface area contributed by atoms with Gasteiger partial charge in [-0.25, -0.2) is 0 Å². The zero-order valence-corrected chi connectivity index (χ0v) is 12.4. The normalized spacial score (nSPS) is 12.4. The van der Waals surface area contributed by atoms with Gasteiger partial charge in [-0.05, 0) is 25.0 Å². The van der Waals surface area contributed by atoms with E-state index in [4.69, 9.17) is 26.5 Å². The van der Waals surface area contributed by atoms with Crippen LogP contribution in [-0.2, 0) is 13.0 Å². The molecular formula is C14H18ClN3O2. The minimum absolute atomic E-state index is 0.0582. The van der Waals surface area contributed by atoms with Gasteiger partial charge in [0.05, 0.1) is 0 Å². The summed E-state index contributed by atoms with van der Waals surface area (Å²) in [5.74, 6) is 1.66. The lowest BCUT2D eigenvalue weighted by Crippen LogP contribution is -2.22. The van der Waals surface area contributed by atoms with Crippen molar-refractivity contribution in [2.75, 3.05) is 0 Å². The van der Waals surface area contributed by atoms with E-state index < -0.39 is 0 Å². The first kappa shape index (κ1) is 14.8. The molecule has 0 radical (unpaired) electrons. The molecule has 0 aliphatic heterocycles. The van der Waals surface area contributed by atoms with E-state index in [9.17, 15) is 0 Å². The van der Waals surface area contributed by atoms with Crippen molar-refractivity contribution in [3.05, 3.63) is 40.6 Å². The molecule has 6 heteroatoms. The molecule has 20 heavy (non-hydrogen) atoms. The quantitative estimate of drug-likeness (QED) is 0.887. The Morgan fingerprint density at radius 2 is 2.20 bits per heavy atom. The molecule has 0 spiro atoms. The number of ether oxygens (including phenoxy) is 1. The van der Waals surface area contributed by atoms with Gasteiger partial charge in [0.25, 0.3) is 5.89 Å². The van der Waals surface area contributed by atoms with Crippen molar-refractivity contribution in [2.24, 2.45) is 5.73 Å². The first-order valence-electron chi connectivity index (χ1n) is 6.55. The molecule has 2 aromatic rings. The molecule has 0 fully saturated rings. The van der Waals surface area contributed by atoms with Gasteiger partial charge >= 0.3 is 0 Å². The Hall–Kier alpha value is -1.59. The Kier molecular flexibility index (Phi) is 4.98. The van der Waals surface area contributed by atoms with Gasteiger partial charge in [-0.1, -0.05) is 24.6 Å². The highest BCUT2D eigenvalue weighted by atomic mass is 35.5. The number of benzene rings is 1. The van der Waals surface area contributed by atoms with Gasteiger partial charge in [0.15, 0.2) is 6.61 Å². The average Bonchev–Trinajstić information content (AvgIpc) is 2.85. The minimum Gasteiger partial charge on any atom is -0.483 e. The molecule has 1 aromatic carbocycles. The van der Waals surface area contributed by atoms with Crippen LogP contribution < -0.4 is 10.5 Å². The lowest BCUT2D eigenvalue weighted by Gasteiger charge is -2.15. The molecule has 0 aliphatic rings. The molecule has 1 unspecified atom stereocenters. The Balaban J connectivity index is 2.12. The van der Waals surface area contributed by atoms with E-state index in [2.05, 4.69) is 10.2 Å². The summed E-state index contributed by atoms with van der Waals surface area (Å²) in [6.07, 6.45) is 1.56. The summed E-state index contributed by atoms with van der Waals surface area (Å²) < 4.78 is 11.0. The first-order valence-corrected chi connectivity index (χ1v) is 6.92. The Bertz CT molecular complexity index is 571. The molecular weight excluding hydrogens is 278 g/mol. The van der Waals surface area contributed by atoms with E-state index >= 15 is 0 Å². The van der Waals surface area contributed by atoms with Crippen LogP contribution in [-0.4, -0.2) is 16.2 Å². The van der Waals surface area contributed by atoms with Crippen molar-refractivity contribution in [2.45, 2.75) is 39.3 Å². The third kappa shape index (κ3) is 3.71. The van der Waals surface area contributed by atoms with Gasteiger partial charge in [0.2, 0.25) is 5.89 Å². The van der Waals surface area contributed by atoms with Crippen LogP contribution in [0, 0.1) is 6.92 Å². The van der Waals surface area contributed by atoms with E-state index in [0.717, 1.165) is 12.0 Å². The lowest BCUT2D eigenvalue weighted by atomic mass is 10.0. The van der Waals surface area contributed by atoms with Crippen molar-refractivity contribution in [1.29, 1.82) is 0 Å². The maximum absolute atomic E-state index is 6.23. The maximum atomic E-state index is 6.23. The number of aryl methyl sites for hydroxylation is 1. The van der Waals surface area contributed by atoms with Crippen LogP contribution in [0.3, 0.4) is 0 Å². The Morgan fingerprint density at radius 3 is 2.85 bits per heavy atom. The van der Waals surface area contributed by atoms with Crippen molar-refractivity contribution in [1.82, 2.24) is 10.2 Å². The number of nitrogens with zero attached hydrogens (tertiary/aromatic N) is 2. The molecule has 2 N–H and O–H groups in total. The number of aromatic nitrogens is 2. The highest BCUT2D eigenvalue weighted by Gasteiger charge is 2.13. The summed E-state index contributed by atoms with van der Waals surface area (Å²) in [4.78, 5) is 0. The van der Waals surface area contributed by atoms with E-state index in [1.807, 2.05) is 25.1 Å². The van der Waals surface area contributed by atoms with Crippen molar-refractivity contribution >= 4 is 11.6 Å². The molecule has 0 saturated heterocycles. The largest absolute Gasteiger partial charge is 0.483 e. The predicted molar refractivity (Wildman–Crippen MR) is 76.8 cm³/mol. The molecule has 0 amide bonds. The van der Waals surface area contributed by atoms with Crippen molar-refractivity contribution < 1.29 is 9.15 Å². The number of nitrogens with two attached hydrogens (primary N) is 1. The summed E-state index contributed by atoms with van der Waals surface area (Å²) in [6.45, 7) is 4.00. The van der Waals surface area contributed by atoms with Crippen LogP contribution in [0.2, 0.25) is 5.02 Å². The molecule has 108 valence electrons. The van der Waals surface area contributed by atoms with Crippen LogP contribution >= 0.6 is 11.6 Å². The smallest absolute Gasteiger partial charge is 0.253 e. The lowest BCUT2D eigenvalue weighted by molar-refractivity contribution is 0.257. The zero-order chi connectivity index (χ0) is 14.5. The molecule has 0 aliphatic carbocycles. The summed E-state index contributed by atoms with van der Waals surface area (Å²) in [7, 11) is 0. The van der Waals surface area contributed by atoms with Gasteiger partial charge < -0.3 is 14.9 Å². The van der Waals surface area contributed by atoms with Crippen molar-refractivity contribution in [3.8, 4) is 5.75 Å². The summed E-state index contributed by atoms with van der Waals surface area (Å²) in [6, 6.07) is 5.61. The van der Waals surface area contributed by atoms with Crippen LogP contribution in [0.4, 0.5) is 0 Å². The first-order chi connectivity index (χ1) is 9.60. The number of hydrogen-bond donors (Lipinski definition) is 1. The maximum Gasteiger partial charge on any atom is 0.253 e. The highest BCUT2D eigenvalue weighted by Crippen LogP contribution is 2.28. The molecule has 1 heterocycles. The summed E-state index contributed by atoms with van der Waals surface area (Å²) in [5, 5.41) is 8.31. The molecule has 5 nitrogen and oxygen atoms in total. The summed E-state index contributed by atoms with van der Waals surface area (Å²) in [5.41, 5.74) is 6.91. The molecule has 0 bridgehead atoms. The number of hydrogen-bond acceptors (Lipinski definition) is 5. The van der Waals surface area contributed by atoms with Crippen molar-refractivity contribution in [3.63, 3.8) is 0 Å². The minimum atomic E-state index is 0.0582. The molecule has 1 aromatic heterocycles. The second kappa shape index (κ2) is 6.72. The second-order valence-electron chi connectivity index (χ2n) is 4.59. The number of rotatable bonds is 6. The van der Waals surface area contributed by atoms with Gasteiger partial charge in [-0.15, -0.1) is 10.2 Å². The molecule has 0 saturated carbocycles. The average molecular weight is 296 g/mol. The second-order valence-corrected chi connectivity index (χ2v) is 5.00. The van der Waals surface area contributed by atoms with Gasteiger partial charge in [-0.3, -0.25) is 0 Å². The van der Waals surface area contributed by atoms with E-state index in [0.29, 0.717) is 29.0 Å². The summed E-state index contributed by atoms with van der Waals surface area (Å²) >= 11 is 6.23. The highest BCUT2D eigenvalue weighted by molar-refractivity contribution is 6.31. The monoisotopic (exact) mass is 295 g/mol. The van der Waals surface area contributed by atoms with Crippen LogP contribution in [0.25, 0.3) is 0 Å². The standard InChI is InChI=1S/C14H18ClN3O2/c1-3-10(16)7-11-12(15)5-4-6-13(11)19-8-14-18-17-9(2)20-14/h4-6,10H,3,7-8,16H2,1-2H3.